The summed E-state index contributed by atoms with van der Waals surface area (Å²) in [6, 6.07) is 5.10. The topological polar surface area (TPSA) is 67.8 Å². The van der Waals surface area contributed by atoms with Crippen molar-refractivity contribution in [1.82, 2.24) is 5.32 Å². The molecule has 6 heteroatoms. The zero-order valence-corrected chi connectivity index (χ0v) is 13.8. The Morgan fingerprint density at radius 3 is 2.57 bits per heavy atom. The monoisotopic (exact) mass is 403 g/mol. The zero-order chi connectivity index (χ0) is 14.9. The van der Waals surface area contributed by atoms with Crippen molar-refractivity contribution in [1.29, 1.82) is 0 Å². The van der Waals surface area contributed by atoms with E-state index in [0.717, 1.165) is 29.3 Å². The Balaban J connectivity index is 1.57. The van der Waals surface area contributed by atoms with Gasteiger partial charge in [0.15, 0.2) is 5.79 Å². The highest BCUT2D eigenvalue weighted by atomic mass is 127. The van der Waals surface area contributed by atoms with Crippen LogP contribution in [0.4, 0.5) is 0 Å². The number of aromatic hydroxyl groups is 1. The molecule has 0 aromatic heterocycles. The molecule has 1 aliphatic heterocycles. The molecule has 114 valence electrons. The number of phenolic OH excluding ortho intramolecular Hbond substituents is 1. The number of hydrogen-bond donors (Lipinski definition) is 2. The average Bonchev–Trinajstić information content (AvgIpc) is 2.93. The van der Waals surface area contributed by atoms with Crippen LogP contribution in [0.5, 0.6) is 5.75 Å². The third kappa shape index (κ3) is 3.32. The van der Waals surface area contributed by atoms with Crippen molar-refractivity contribution in [2.45, 2.75) is 37.5 Å². The second kappa shape index (κ2) is 6.10. The van der Waals surface area contributed by atoms with Gasteiger partial charge in [-0.3, -0.25) is 4.79 Å². The maximum absolute atomic E-state index is 12.2. The second-order valence-electron chi connectivity index (χ2n) is 5.52. The number of amides is 1. The number of halogens is 1. The SMILES string of the molecule is O=C(NC1CCC2(CC1)OCCO2)c1ccc(I)c(O)c1. The third-order valence-electron chi connectivity index (χ3n) is 4.10. The van der Waals surface area contributed by atoms with Crippen LogP contribution >= 0.6 is 22.6 Å². The lowest BCUT2D eigenvalue weighted by molar-refractivity contribution is -0.179. The Hall–Kier alpha value is -0.860. The highest BCUT2D eigenvalue weighted by Crippen LogP contribution is 2.35. The molecule has 1 aromatic carbocycles. The van der Waals surface area contributed by atoms with E-state index in [2.05, 4.69) is 5.32 Å². The highest BCUT2D eigenvalue weighted by Gasteiger charge is 2.40. The van der Waals surface area contributed by atoms with Crippen LogP contribution in [0, 0.1) is 3.57 Å². The van der Waals surface area contributed by atoms with E-state index in [1.165, 1.54) is 6.07 Å². The quantitative estimate of drug-likeness (QED) is 0.745. The fourth-order valence-corrected chi connectivity index (χ4v) is 3.25. The largest absolute Gasteiger partial charge is 0.507 e. The molecule has 1 spiro atoms. The first-order valence-corrected chi connectivity index (χ1v) is 8.23. The Morgan fingerprint density at radius 2 is 1.95 bits per heavy atom. The summed E-state index contributed by atoms with van der Waals surface area (Å²) >= 11 is 2.03. The number of carbonyl (C=O) groups excluding carboxylic acids is 1. The van der Waals surface area contributed by atoms with Gasteiger partial charge in [0.1, 0.15) is 5.75 Å². The van der Waals surface area contributed by atoms with Crippen LogP contribution in [0.15, 0.2) is 18.2 Å². The first-order chi connectivity index (χ1) is 10.1. The summed E-state index contributed by atoms with van der Waals surface area (Å²) in [7, 11) is 0. The number of hydrogen-bond acceptors (Lipinski definition) is 4. The molecule has 3 rings (SSSR count). The van der Waals surface area contributed by atoms with E-state index >= 15 is 0 Å². The molecule has 0 atom stereocenters. The zero-order valence-electron chi connectivity index (χ0n) is 11.6. The van der Waals surface area contributed by atoms with Crippen molar-refractivity contribution >= 4 is 28.5 Å². The molecule has 1 saturated carbocycles. The molecule has 0 radical (unpaired) electrons. The van der Waals surface area contributed by atoms with Gasteiger partial charge in [-0.15, -0.1) is 0 Å². The van der Waals surface area contributed by atoms with E-state index in [1.54, 1.807) is 12.1 Å². The van der Waals surface area contributed by atoms with Crippen molar-refractivity contribution in [3.05, 3.63) is 27.3 Å². The molecule has 0 unspecified atom stereocenters. The van der Waals surface area contributed by atoms with E-state index in [0.29, 0.717) is 18.8 Å². The number of benzene rings is 1. The summed E-state index contributed by atoms with van der Waals surface area (Å²) in [5.74, 6) is -0.406. The lowest BCUT2D eigenvalue weighted by Crippen LogP contribution is -2.44. The van der Waals surface area contributed by atoms with Crippen molar-refractivity contribution in [3.8, 4) is 5.75 Å². The lowest BCUT2D eigenvalue weighted by Gasteiger charge is -2.35. The molecule has 5 nitrogen and oxygen atoms in total. The maximum Gasteiger partial charge on any atom is 0.251 e. The Bertz CT molecular complexity index is 532. The number of rotatable bonds is 2. The molecule has 2 aliphatic rings. The van der Waals surface area contributed by atoms with Gasteiger partial charge < -0.3 is 19.9 Å². The average molecular weight is 403 g/mol. The fraction of sp³-hybridized carbons (Fsp3) is 0.533. The van der Waals surface area contributed by atoms with Gasteiger partial charge in [0.2, 0.25) is 0 Å². The van der Waals surface area contributed by atoms with E-state index in [1.807, 2.05) is 22.6 Å². The normalized spacial score (nSPS) is 21.6. The molecule has 1 heterocycles. The van der Waals surface area contributed by atoms with E-state index in [9.17, 15) is 9.90 Å². The minimum Gasteiger partial charge on any atom is -0.507 e. The van der Waals surface area contributed by atoms with Crippen molar-refractivity contribution in [3.63, 3.8) is 0 Å². The van der Waals surface area contributed by atoms with Gasteiger partial charge >= 0.3 is 0 Å². The second-order valence-corrected chi connectivity index (χ2v) is 6.68. The fourth-order valence-electron chi connectivity index (χ4n) is 2.91. The Morgan fingerprint density at radius 1 is 1.29 bits per heavy atom. The molecule has 21 heavy (non-hydrogen) atoms. The van der Waals surface area contributed by atoms with Crippen molar-refractivity contribution in [2.24, 2.45) is 0 Å². The summed E-state index contributed by atoms with van der Waals surface area (Å²) in [4.78, 5) is 12.2. The van der Waals surface area contributed by atoms with E-state index < -0.39 is 5.79 Å². The number of nitrogens with one attached hydrogen (secondary N) is 1. The molecule has 2 N–H and O–H groups in total. The van der Waals surface area contributed by atoms with Gasteiger partial charge in [0, 0.05) is 24.4 Å². The standard InChI is InChI=1S/C15H18INO4/c16-12-2-1-10(9-13(12)18)14(19)17-11-3-5-15(6-4-11)20-7-8-21-15/h1-2,9,11,18H,3-8H2,(H,17,19). The van der Waals surface area contributed by atoms with Crippen LogP contribution in [0.25, 0.3) is 0 Å². The number of ether oxygens (including phenoxy) is 2. The van der Waals surface area contributed by atoms with Gasteiger partial charge in [0.25, 0.3) is 5.91 Å². The van der Waals surface area contributed by atoms with Crippen LogP contribution in [-0.4, -0.2) is 36.1 Å². The molecule has 0 bridgehead atoms. The molecular formula is C15H18INO4. The molecule has 1 aliphatic carbocycles. The van der Waals surface area contributed by atoms with Crippen LogP contribution in [0.3, 0.4) is 0 Å². The molecule has 1 saturated heterocycles. The van der Waals surface area contributed by atoms with Gasteiger partial charge in [0.05, 0.1) is 16.8 Å². The summed E-state index contributed by atoms with van der Waals surface area (Å²) in [5, 5.41) is 12.7. The minimum atomic E-state index is -0.400. The van der Waals surface area contributed by atoms with Crippen LogP contribution in [0.1, 0.15) is 36.0 Å². The molecule has 2 fully saturated rings. The Kier molecular flexibility index (Phi) is 4.37. The van der Waals surface area contributed by atoms with E-state index in [-0.39, 0.29) is 17.7 Å². The van der Waals surface area contributed by atoms with Gasteiger partial charge in [-0.1, -0.05) is 0 Å². The summed E-state index contributed by atoms with van der Waals surface area (Å²) < 4.78 is 12.1. The molecule has 1 aromatic rings. The predicted molar refractivity (Wildman–Crippen MR) is 85.2 cm³/mol. The summed E-state index contributed by atoms with van der Waals surface area (Å²) in [5.41, 5.74) is 0.488. The van der Waals surface area contributed by atoms with Crippen molar-refractivity contribution < 1.29 is 19.4 Å². The van der Waals surface area contributed by atoms with E-state index in [4.69, 9.17) is 9.47 Å². The maximum atomic E-state index is 12.2. The lowest BCUT2D eigenvalue weighted by atomic mass is 9.90. The van der Waals surface area contributed by atoms with Gasteiger partial charge in [-0.2, -0.15) is 0 Å². The first kappa shape index (κ1) is 15.1. The smallest absolute Gasteiger partial charge is 0.251 e. The molecular weight excluding hydrogens is 385 g/mol. The first-order valence-electron chi connectivity index (χ1n) is 7.15. The summed E-state index contributed by atoms with van der Waals surface area (Å²) in [6.07, 6.45) is 3.33. The Labute approximate surface area is 137 Å². The van der Waals surface area contributed by atoms with Crippen LogP contribution < -0.4 is 5.32 Å². The summed E-state index contributed by atoms with van der Waals surface area (Å²) in [6.45, 7) is 1.33. The minimum absolute atomic E-state index is 0.136. The van der Waals surface area contributed by atoms with Crippen molar-refractivity contribution in [2.75, 3.05) is 13.2 Å². The van der Waals surface area contributed by atoms with Crippen LogP contribution in [0.2, 0.25) is 0 Å². The van der Waals surface area contributed by atoms with Gasteiger partial charge in [-0.05, 0) is 53.6 Å². The van der Waals surface area contributed by atoms with Crippen LogP contribution in [-0.2, 0) is 9.47 Å². The number of carbonyl (C=O) groups is 1. The number of phenols is 1. The molecule has 1 amide bonds. The predicted octanol–water partition coefficient (Wildman–Crippen LogP) is 2.41. The highest BCUT2D eigenvalue weighted by molar-refractivity contribution is 14.1. The van der Waals surface area contributed by atoms with Gasteiger partial charge in [-0.25, -0.2) is 0 Å². The third-order valence-corrected chi connectivity index (χ3v) is 5.02.